The SMILES string of the molecule is CCCC(c1ccc(OC)cc1)C1(O)CCCCC1. The third-order valence-electron chi connectivity index (χ3n) is 4.46. The summed E-state index contributed by atoms with van der Waals surface area (Å²) in [4.78, 5) is 0. The van der Waals surface area contributed by atoms with Crippen LogP contribution in [0.2, 0.25) is 0 Å². The van der Waals surface area contributed by atoms with Crippen molar-refractivity contribution in [1.29, 1.82) is 0 Å². The van der Waals surface area contributed by atoms with Crippen LogP contribution in [-0.2, 0) is 0 Å². The van der Waals surface area contributed by atoms with Crippen LogP contribution >= 0.6 is 0 Å². The Morgan fingerprint density at radius 1 is 1.16 bits per heavy atom. The van der Waals surface area contributed by atoms with E-state index in [4.69, 9.17) is 4.74 Å². The zero-order chi connectivity index (χ0) is 13.7. The molecule has 2 heteroatoms. The standard InChI is InChI=1S/C17H26O2/c1-3-7-16(17(18)12-5-4-6-13-17)14-8-10-15(19-2)11-9-14/h8-11,16,18H,3-7,12-13H2,1-2H3. The molecule has 0 heterocycles. The maximum atomic E-state index is 11.0. The van der Waals surface area contributed by atoms with E-state index >= 15 is 0 Å². The average Bonchev–Trinajstić information content (AvgIpc) is 2.45. The molecule has 0 bridgehead atoms. The molecule has 1 saturated carbocycles. The molecular formula is C17H26O2. The van der Waals surface area contributed by atoms with Gasteiger partial charge in [-0.1, -0.05) is 44.7 Å². The van der Waals surface area contributed by atoms with Crippen molar-refractivity contribution in [3.63, 3.8) is 0 Å². The summed E-state index contributed by atoms with van der Waals surface area (Å²) in [6, 6.07) is 8.24. The minimum atomic E-state index is -0.497. The number of ether oxygens (including phenoxy) is 1. The number of benzene rings is 1. The van der Waals surface area contributed by atoms with E-state index in [1.54, 1.807) is 7.11 Å². The van der Waals surface area contributed by atoms with Gasteiger partial charge in [-0.15, -0.1) is 0 Å². The van der Waals surface area contributed by atoms with E-state index in [1.165, 1.54) is 12.0 Å². The first-order chi connectivity index (χ1) is 9.19. The number of aliphatic hydroxyl groups is 1. The second-order valence-corrected chi connectivity index (χ2v) is 5.78. The van der Waals surface area contributed by atoms with Gasteiger partial charge in [0.05, 0.1) is 12.7 Å². The van der Waals surface area contributed by atoms with Gasteiger partial charge in [0.15, 0.2) is 0 Å². The van der Waals surface area contributed by atoms with Crippen LogP contribution in [0.25, 0.3) is 0 Å². The first-order valence-corrected chi connectivity index (χ1v) is 7.56. The van der Waals surface area contributed by atoms with Crippen LogP contribution in [0.4, 0.5) is 0 Å². The Morgan fingerprint density at radius 3 is 2.32 bits per heavy atom. The Morgan fingerprint density at radius 2 is 1.79 bits per heavy atom. The summed E-state index contributed by atoms with van der Waals surface area (Å²) < 4.78 is 5.22. The number of hydrogen-bond acceptors (Lipinski definition) is 2. The minimum absolute atomic E-state index is 0.267. The van der Waals surface area contributed by atoms with Gasteiger partial charge >= 0.3 is 0 Å². The smallest absolute Gasteiger partial charge is 0.118 e. The average molecular weight is 262 g/mol. The van der Waals surface area contributed by atoms with Gasteiger partial charge in [0.1, 0.15) is 5.75 Å². The maximum absolute atomic E-state index is 11.0. The first-order valence-electron chi connectivity index (χ1n) is 7.56. The molecule has 1 aliphatic carbocycles. The molecule has 1 N–H and O–H groups in total. The van der Waals surface area contributed by atoms with Gasteiger partial charge in [0.2, 0.25) is 0 Å². The van der Waals surface area contributed by atoms with Crippen molar-refractivity contribution in [2.75, 3.05) is 7.11 Å². The molecule has 106 valence electrons. The maximum Gasteiger partial charge on any atom is 0.118 e. The highest BCUT2D eigenvalue weighted by Crippen LogP contribution is 2.42. The first kappa shape index (κ1) is 14.4. The van der Waals surface area contributed by atoms with E-state index in [9.17, 15) is 5.11 Å². The summed E-state index contributed by atoms with van der Waals surface area (Å²) in [7, 11) is 1.69. The normalized spacial score (nSPS) is 19.9. The zero-order valence-corrected chi connectivity index (χ0v) is 12.2. The van der Waals surface area contributed by atoms with Gasteiger partial charge < -0.3 is 9.84 Å². The number of hydrogen-bond donors (Lipinski definition) is 1. The molecule has 0 aliphatic heterocycles. The zero-order valence-electron chi connectivity index (χ0n) is 12.2. The van der Waals surface area contributed by atoms with Crippen molar-refractivity contribution in [1.82, 2.24) is 0 Å². The second kappa shape index (κ2) is 6.42. The van der Waals surface area contributed by atoms with E-state index in [1.807, 2.05) is 12.1 Å². The third-order valence-corrected chi connectivity index (χ3v) is 4.46. The Hall–Kier alpha value is -1.02. The molecule has 1 atom stereocenters. The number of rotatable bonds is 5. The van der Waals surface area contributed by atoms with Gasteiger partial charge in [-0.2, -0.15) is 0 Å². The minimum Gasteiger partial charge on any atom is -0.497 e. The predicted molar refractivity (Wildman–Crippen MR) is 78.7 cm³/mol. The predicted octanol–water partition coefficient (Wildman–Crippen LogP) is 4.27. The molecule has 1 aromatic carbocycles. The second-order valence-electron chi connectivity index (χ2n) is 5.78. The van der Waals surface area contributed by atoms with Crippen molar-refractivity contribution in [3.05, 3.63) is 29.8 Å². The van der Waals surface area contributed by atoms with E-state index in [2.05, 4.69) is 19.1 Å². The van der Waals surface area contributed by atoms with E-state index in [-0.39, 0.29) is 5.92 Å². The molecule has 0 amide bonds. The van der Waals surface area contributed by atoms with Crippen LogP contribution in [0.5, 0.6) is 5.75 Å². The summed E-state index contributed by atoms with van der Waals surface area (Å²) in [6.45, 7) is 2.20. The van der Waals surface area contributed by atoms with Crippen molar-refractivity contribution >= 4 is 0 Å². The number of methoxy groups -OCH3 is 1. The van der Waals surface area contributed by atoms with Gasteiger partial charge in [0, 0.05) is 5.92 Å². The van der Waals surface area contributed by atoms with Crippen LogP contribution in [0.3, 0.4) is 0 Å². The van der Waals surface area contributed by atoms with Crippen LogP contribution < -0.4 is 4.74 Å². The lowest BCUT2D eigenvalue weighted by atomic mass is 9.71. The molecule has 2 rings (SSSR count). The molecule has 1 unspecified atom stereocenters. The third kappa shape index (κ3) is 3.30. The molecule has 1 fully saturated rings. The fraction of sp³-hybridized carbons (Fsp3) is 0.647. The fourth-order valence-corrected chi connectivity index (χ4v) is 3.38. The highest BCUT2D eigenvalue weighted by Gasteiger charge is 2.37. The van der Waals surface area contributed by atoms with Crippen LogP contribution in [0.15, 0.2) is 24.3 Å². The molecule has 1 aromatic rings. The molecule has 0 radical (unpaired) electrons. The summed E-state index contributed by atoms with van der Waals surface area (Å²) in [6.07, 6.45) is 7.65. The van der Waals surface area contributed by atoms with Crippen molar-refractivity contribution in [2.45, 2.75) is 63.4 Å². The van der Waals surface area contributed by atoms with Crippen LogP contribution in [0.1, 0.15) is 63.4 Å². The Bertz CT molecular complexity index is 377. The lowest BCUT2D eigenvalue weighted by Gasteiger charge is -2.39. The summed E-state index contributed by atoms with van der Waals surface area (Å²) >= 11 is 0. The largest absolute Gasteiger partial charge is 0.497 e. The summed E-state index contributed by atoms with van der Waals surface area (Å²) in [5.74, 6) is 1.15. The summed E-state index contributed by atoms with van der Waals surface area (Å²) in [5.41, 5.74) is 0.759. The lowest BCUT2D eigenvalue weighted by Crippen LogP contribution is -2.38. The highest BCUT2D eigenvalue weighted by atomic mass is 16.5. The monoisotopic (exact) mass is 262 g/mol. The molecule has 0 aromatic heterocycles. The van der Waals surface area contributed by atoms with Crippen LogP contribution in [0, 0.1) is 0 Å². The van der Waals surface area contributed by atoms with Crippen molar-refractivity contribution in [3.8, 4) is 5.75 Å². The van der Waals surface area contributed by atoms with Gasteiger partial charge in [0.25, 0.3) is 0 Å². The molecule has 1 aliphatic rings. The highest BCUT2D eigenvalue weighted by molar-refractivity contribution is 5.31. The van der Waals surface area contributed by atoms with Crippen molar-refractivity contribution < 1.29 is 9.84 Å². The van der Waals surface area contributed by atoms with Gasteiger partial charge in [-0.3, -0.25) is 0 Å². The topological polar surface area (TPSA) is 29.5 Å². The van der Waals surface area contributed by atoms with E-state index in [0.29, 0.717) is 0 Å². The van der Waals surface area contributed by atoms with Crippen molar-refractivity contribution in [2.24, 2.45) is 0 Å². The fourth-order valence-electron chi connectivity index (χ4n) is 3.38. The van der Waals surface area contributed by atoms with E-state index < -0.39 is 5.60 Å². The Kier molecular flexibility index (Phi) is 4.87. The van der Waals surface area contributed by atoms with Crippen LogP contribution in [-0.4, -0.2) is 17.8 Å². The van der Waals surface area contributed by atoms with Gasteiger partial charge in [-0.05, 0) is 37.0 Å². The Labute approximate surface area is 116 Å². The molecule has 2 nitrogen and oxygen atoms in total. The van der Waals surface area contributed by atoms with Gasteiger partial charge in [-0.25, -0.2) is 0 Å². The lowest BCUT2D eigenvalue weighted by molar-refractivity contribution is -0.0243. The summed E-state index contributed by atoms with van der Waals surface area (Å²) in [5, 5.41) is 11.0. The molecule has 0 spiro atoms. The quantitative estimate of drug-likeness (QED) is 0.858. The van der Waals surface area contributed by atoms with E-state index in [0.717, 1.165) is 44.3 Å². The Balaban J connectivity index is 2.22. The molecular weight excluding hydrogens is 236 g/mol. The molecule has 0 saturated heterocycles. The molecule has 19 heavy (non-hydrogen) atoms.